The van der Waals surface area contributed by atoms with E-state index in [0.29, 0.717) is 0 Å². The van der Waals surface area contributed by atoms with Crippen molar-refractivity contribution in [1.29, 1.82) is 0 Å². The highest BCUT2D eigenvalue weighted by atomic mass is 32.1. The fourth-order valence-electron chi connectivity index (χ4n) is 2.09. The molecule has 0 radical (unpaired) electrons. The highest BCUT2D eigenvalue weighted by Crippen LogP contribution is 2.42. The molecule has 0 aliphatic carbocycles. The van der Waals surface area contributed by atoms with Gasteiger partial charge in [-0.05, 0) is 17.5 Å². The highest BCUT2D eigenvalue weighted by Gasteiger charge is 2.24. The predicted octanol–water partition coefficient (Wildman–Crippen LogP) is 3.92. The van der Waals surface area contributed by atoms with Gasteiger partial charge >= 0.3 is 0 Å². The van der Waals surface area contributed by atoms with Crippen LogP contribution in [0.4, 0.5) is 0 Å². The molecule has 2 aromatic rings. The maximum Gasteiger partial charge on any atom is 0.131 e. The van der Waals surface area contributed by atoms with E-state index in [0.717, 1.165) is 22.6 Å². The normalized spacial score (nSPS) is 13.5. The minimum atomic E-state index is 0.163. The molecular weight excluding hydrogens is 216 g/mol. The van der Waals surface area contributed by atoms with Crippen molar-refractivity contribution < 1.29 is 4.74 Å². The van der Waals surface area contributed by atoms with E-state index >= 15 is 0 Å². The van der Waals surface area contributed by atoms with Gasteiger partial charge in [0.05, 0.1) is 0 Å². The second-order valence-corrected chi connectivity index (χ2v) is 4.06. The molecule has 1 heterocycles. The zero-order valence-corrected chi connectivity index (χ0v) is 9.41. The second kappa shape index (κ2) is 3.72. The zero-order valence-electron chi connectivity index (χ0n) is 8.59. The average molecular weight is 226 g/mol. The second-order valence-electron chi connectivity index (χ2n) is 3.79. The molecule has 3 rings (SSSR count). The smallest absolute Gasteiger partial charge is 0.131 e. The van der Waals surface area contributed by atoms with Crippen LogP contribution in [-0.4, -0.2) is 5.37 Å². The van der Waals surface area contributed by atoms with Crippen LogP contribution in [-0.2, 0) is 0 Å². The summed E-state index contributed by atoms with van der Waals surface area (Å²) >= 11 is 5.14. The topological polar surface area (TPSA) is 9.23 Å². The molecule has 2 aromatic carbocycles. The van der Waals surface area contributed by atoms with Gasteiger partial charge in [-0.1, -0.05) is 48.6 Å². The van der Waals surface area contributed by atoms with E-state index in [9.17, 15) is 0 Å². The SMILES string of the molecule is S=CC1c2ccccc2Oc2ccccc21. The van der Waals surface area contributed by atoms with Gasteiger partial charge in [0.25, 0.3) is 0 Å². The van der Waals surface area contributed by atoms with Crippen LogP contribution in [0.5, 0.6) is 11.5 Å². The summed E-state index contributed by atoms with van der Waals surface area (Å²) in [6.45, 7) is 0. The first-order valence-electron chi connectivity index (χ1n) is 5.21. The van der Waals surface area contributed by atoms with E-state index in [4.69, 9.17) is 17.0 Å². The number of benzene rings is 2. The van der Waals surface area contributed by atoms with Crippen LogP contribution in [0.2, 0.25) is 0 Å². The molecule has 0 bridgehead atoms. The zero-order chi connectivity index (χ0) is 11.0. The number of thiocarbonyl (C=S) groups is 1. The molecule has 78 valence electrons. The fourth-order valence-corrected chi connectivity index (χ4v) is 2.39. The van der Waals surface area contributed by atoms with Crippen molar-refractivity contribution in [2.75, 3.05) is 0 Å². The summed E-state index contributed by atoms with van der Waals surface area (Å²) < 4.78 is 5.84. The van der Waals surface area contributed by atoms with Crippen LogP contribution >= 0.6 is 12.2 Å². The lowest BCUT2D eigenvalue weighted by Crippen LogP contribution is -2.10. The molecular formula is C14H10OS. The first kappa shape index (κ1) is 9.55. The van der Waals surface area contributed by atoms with Crippen LogP contribution in [0.25, 0.3) is 0 Å². The van der Waals surface area contributed by atoms with Gasteiger partial charge in [-0.15, -0.1) is 0 Å². The lowest BCUT2D eigenvalue weighted by Gasteiger charge is -2.25. The Morgan fingerprint density at radius 3 is 1.88 bits per heavy atom. The molecule has 0 amide bonds. The van der Waals surface area contributed by atoms with Crippen LogP contribution in [0.15, 0.2) is 48.5 Å². The van der Waals surface area contributed by atoms with Gasteiger partial charge in [0.15, 0.2) is 0 Å². The van der Waals surface area contributed by atoms with E-state index in [-0.39, 0.29) is 5.92 Å². The van der Waals surface area contributed by atoms with Gasteiger partial charge in [-0.25, -0.2) is 0 Å². The van der Waals surface area contributed by atoms with E-state index in [2.05, 4.69) is 12.1 Å². The van der Waals surface area contributed by atoms with Crippen LogP contribution in [0.3, 0.4) is 0 Å². The van der Waals surface area contributed by atoms with Crippen molar-refractivity contribution in [3.05, 3.63) is 59.7 Å². The number of para-hydroxylation sites is 2. The maximum atomic E-state index is 5.84. The maximum absolute atomic E-state index is 5.84. The lowest BCUT2D eigenvalue weighted by atomic mass is 9.90. The van der Waals surface area contributed by atoms with Crippen LogP contribution in [0.1, 0.15) is 17.0 Å². The van der Waals surface area contributed by atoms with Crippen molar-refractivity contribution >= 4 is 17.6 Å². The lowest BCUT2D eigenvalue weighted by molar-refractivity contribution is 0.457. The number of fused-ring (bicyclic) bond motifs is 2. The summed E-state index contributed by atoms with van der Waals surface area (Å²) in [4.78, 5) is 0. The molecule has 0 spiro atoms. The fraction of sp³-hybridized carbons (Fsp3) is 0.0714. The molecule has 0 atom stereocenters. The molecule has 0 saturated heterocycles. The minimum absolute atomic E-state index is 0.163. The predicted molar refractivity (Wildman–Crippen MR) is 68.5 cm³/mol. The summed E-state index contributed by atoms with van der Waals surface area (Å²) in [6, 6.07) is 16.1. The molecule has 2 heteroatoms. The molecule has 0 fully saturated rings. The Kier molecular flexibility index (Phi) is 2.22. The Hall–Kier alpha value is -1.67. The van der Waals surface area contributed by atoms with E-state index in [1.165, 1.54) is 0 Å². The third-order valence-corrected chi connectivity index (χ3v) is 3.14. The van der Waals surface area contributed by atoms with Crippen LogP contribution in [0, 0.1) is 0 Å². The summed E-state index contributed by atoms with van der Waals surface area (Å²) in [7, 11) is 0. The summed E-state index contributed by atoms with van der Waals surface area (Å²) in [5.74, 6) is 1.98. The van der Waals surface area contributed by atoms with Gasteiger partial charge in [-0.2, -0.15) is 0 Å². The monoisotopic (exact) mass is 226 g/mol. The van der Waals surface area contributed by atoms with Gasteiger partial charge < -0.3 is 4.74 Å². The minimum Gasteiger partial charge on any atom is -0.457 e. The molecule has 1 nitrogen and oxygen atoms in total. The molecule has 1 aliphatic heterocycles. The molecule has 0 saturated carbocycles. The van der Waals surface area contributed by atoms with Crippen molar-refractivity contribution in [1.82, 2.24) is 0 Å². The third kappa shape index (κ3) is 1.34. The first-order valence-corrected chi connectivity index (χ1v) is 5.68. The Bertz CT molecular complexity index is 502. The molecule has 0 unspecified atom stereocenters. The Labute approximate surface area is 99.7 Å². The summed E-state index contributed by atoms with van der Waals surface area (Å²) in [5.41, 5.74) is 2.30. The van der Waals surface area contributed by atoms with Gasteiger partial charge in [0.2, 0.25) is 0 Å². The highest BCUT2D eigenvalue weighted by molar-refractivity contribution is 7.79. The molecule has 1 aliphatic rings. The molecule has 0 N–H and O–H groups in total. The Morgan fingerprint density at radius 1 is 0.875 bits per heavy atom. The molecule has 0 aromatic heterocycles. The third-order valence-electron chi connectivity index (χ3n) is 2.86. The average Bonchev–Trinajstić information content (AvgIpc) is 2.36. The summed E-state index contributed by atoms with van der Waals surface area (Å²) in [6.07, 6.45) is 0. The quantitative estimate of drug-likeness (QED) is 0.681. The largest absolute Gasteiger partial charge is 0.457 e. The van der Waals surface area contributed by atoms with Crippen molar-refractivity contribution in [3.63, 3.8) is 0 Å². The summed E-state index contributed by atoms with van der Waals surface area (Å²) in [5, 5.41) is 1.81. The van der Waals surface area contributed by atoms with Gasteiger partial charge in [0.1, 0.15) is 11.5 Å². The van der Waals surface area contributed by atoms with E-state index < -0.39 is 0 Å². The standard InChI is InChI=1S/C14H10OS/c16-9-12-10-5-1-3-7-13(10)15-14-8-4-2-6-11(12)14/h1-9,12H. The van der Waals surface area contributed by atoms with Gasteiger partial charge in [0, 0.05) is 17.0 Å². The number of ether oxygens (including phenoxy) is 1. The Morgan fingerprint density at radius 2 is 1.38 bits per heavy atom. The van der Waals surface area contributed by atoms with Crippen molar-refractivity contribution in [3.8, 4) is 11.5 Å². The van der Waals surface area contributed by atoms with Gasteiger partial charge in [-0.3, -0.25) is 0 Å². The first-order chi connectivity index (χ1) is 7.90. The van der Waals surface area contributed by atoms with Crippen molar-refractivity contribution in [2.24, 2.45) is 0 Å². The number of rotatable bonds is 1. The van der Waals surface area contributed by atoms with Crippen molar-refractivity contribution in [2.45, 2.75) is 5.92 Å². The Balaban J connectivity index is 2.23. The van der Waals surface area contributed by atoms with E-state index in [1.807, 2.05) is 36.4 Å². The van der Waals surface area contributed by atoms with Crippen LogP contribution < -0.4 is 4.74 Å². The molecule has 16 heavy (non-hydrogen) atoms. The number of hydrogen-bond donors (Lipinski definition) is 0. The van der Waals surface area contributed by atoms with E-state index in [1.54, 1.807) is 5.37 Å². The number of hydrogen-bond acceptors (Lipinski definition) is 2.